The molecule has 4 aromatic rings. The van der Waals surface area contributed by atoms with Gasteiger partial charge in [0.05, 0.1) is 5.02 Å². The average molecular weight is 446 g/mol. The molecule has 152 valence electrons. The van der Waals surface area contributed by atoms with E-state index in [-0.39, 0.29) is 5.91 Å². The van der Waals surface area contributed by atoms with Crippen LogP contribution in [-0.2, 0) is 11.2 Å². The highest BCUT2D eigenvalue weighted by Crippen LogP contribution is 2.37. The summed E-state index contributed by atoms with van der Waals surface area (Å²) in [6.07, 6.45) is 3.97. The Labute approximate surface area is 189 Å². The molecule has 0 fully saturated rings. The number of anilines is 1. The molecule has 1 heterocycles. The number of amides is 1. The zero-order valence-electron chi connectivity index (χ0n) is 16.4. The lowest BCUT2D eigenvalue weighted by atomic mass is 10.1. The van der Waals surface area contributed by atoms with Crippen LogP contribution in [0.5, 0.6) is 0 Å². The van der Waals surface area contributed by atoms with Gasteiger partial charge in [0.2, 0.25) is 5.91 Å². The Morgan fingerprint density at radius 1 is 0.871 bits per heavy atom. The van der Waals surface area contributed by atoms with Gasteiger partial charge in [0, 0.05) is 22.3 Å². The Hall–Kier alpha value is -3.27. The molecule has 0 bridgehead atoms. The predicted octanol–water partition coefficient (Wildman–Crippen LogP) is 7.48. The third-order valence-corrected chi connectivity index (χ3v) is 5.83. The van der Waals surface area contributed by atoms with Crippen molar-refractivity contribution in [3.63, 3.8) is 0 Å². The van der Waals surface area contributed by atoms with Crippen LogP contribution in [0.4, 0.5) is 5.69 Å². The molecule has 5 heteroatoms. The van der Waals surface area contributed by atoms with Gasteiger partial charge in [-0.2, -0.15) is 0 Å². The fourth-order valence-electron chi connectivity index (χ4n) is 3.84. The van der Waals surface area contributed by atoms with E-state index in [4.69, 9.17) is 27.6 Å². The Bertz CT molecular complexity index is 1340. The summed E-state index contributed by atoms with van der Waals surface area (Å²) in [4.78, 5) is 12.4. The molecule has 3 aromatic carbocycles. The van der Waals surface area contributed by atoms with Crippen LogP contribution >= 0.6 is 23.2 Å². The van der Waals surface area contributed by atoms with Crippen molar-refractivity contribution in [3.05, 3.63) is 106 Å². The Morgan fingerprint density at radius 3 is 2.55 bits per heavy atom. The maximum atomic E-state index is 12.4. The van der Waals surface area contributed by atoms with Crippen LogP contribution in [0.1, 0.15) is 16.9 Å². The minimum Gasteiger partial charge on any atom is -0.457 e. The maximum absolute atomic E-state index is 12.4. The molecule has 0 spiro atoms. The number of fused-ring (bicyclic) bond motifs is 3. The van der Waals surface area contributed by atoms with E-state index >= 15 is 0 Å². The quantitative estimate of drug-likeness (QED) is 0.291. The first-order chi connectivity index (χ1) is 15.1. The highest BCUT2D eigenvalue weighted by molar-refractivity contribution is 6.36. The summed E-state index contributed by atoms with van der Waals surface area (Å²) in [6, 6.07) is 23.2. The Kier molecular flexibility index (Phi) is 5.14. The van der Waals surface area contributed by atoms with Gasteiger partial charge in [-0.15, -0.1) is 0 Å². The molecule has 31 heavy (non-hydrogen) atoms. The Morgan fingerprint density at radius 2 is 1.68 bits per heavy atom. The van der Waals surface area contributed by atoms with E-state index in [9.17, 15) is 4.79 Å². The standard InChI is InChI=1S/C26H17Cl2NO2/c27-18-5-9-23(24(28)15-18)25-11-7-20(31-25)8-12-26(30)29-19-6-10-22-17(14-19)13-16-3-1-2-4-21(16)22/h1-12,14-15H,13H2,(H,29,30)/b12-8+. The monoisotopic (exact) mass is 445 g/mol. The summed E-state index contributed by atoms with van der Waals surface area (Å²) in [5.74, 6) is 0.943. The normalized spacial score (nSPS) is 12.1. The van der Waals surface area contributed by atoms with Crippen molar-refractivity contribution < 1.29 is 9.21 Å². The molecule has 0 unspecified atom stereocenters. The van der Waals surface area contributed by atoms with Crippen molar-refractivity contribution in [3.8, 4) is 22.5 Å². The first kappa shape index (κ1) is 19.7. The molecular weight excluding hydrogens is 429 g/mol. The van der Waals surface area contributed by atoms with Gasteiger partial charge in [-0.1, -0.05) is 53.5 Å². The van der Waals surface area contributed by atoms with E-state index in [1.807, 2.05) is 18.2 Å². The summed E-state index contributed by atoms with van der Waals surface area (Å²) in [5, 5.41) is 3.99. The summed E-state index contributed by atoms with van der Waals surface area (Å²) < 4.78 is 5.79. The highest BCUT2D eigenvalue weighted by Gasteiger charge is 2.18. The van der Waals surface area contributed by atoms with E-state index < -0.39 is 0 Å². The topological polar surface area (TPSA) is 42.2 Å². The second kappa shape index (κ2) is 8.10. The van der Waals surface area contributed by atoms with Crippen LogP contribution in [0.3, 0.4) is 0 Å². The van der Waals surface area contributed by atoms with Gasteiger partial charge < -0.3 is 9.73 Å². The molecule has 0 aliphatic heterocycles. The van der Waals surface area contributed by atoms with Gasteiger partial charge in [0.1, 0.15) is 11.5 Å². The zero-order valence-corrected chi connectivity index (χ0v) is 17.9. The van der Waals surface area contributed by atoms with E-state index in [0.29, 0.717) is 21.6 Å². The van der Waals surface area contributed by atoms with E-state index in [2.05, 4.69) is 35.6 Å². The van der Waals surface area contributed by atoms with Gasteiger partial charge in [0.15, 0.2) is 0 Å². The predicted molar refractivity (Wildman–Crippen MR) is 127 cm³/mol. The SMILES string of the molecule is O=C(/C=C/c1ccc(-c2ccc(Cl)cc2Cl)o1)Nc1ccc2c(c1)Cc1ccccc1-2. The van der Waals surface area contributed by atoms with Crippen molar-refractivity contribution in [1.29, 1.82) is 0 Å². The van der Waals surface area contributed by atoms with Crippen molar-refractivity contribution in [1.82, 2.24) is 0 Å². The number of hydrogen-bond donors (Lipinski definition) is 1. The van der Waals surface area contributed by atoms with Gasteiger partial charge in [0.25, 0.3) is 0 Å². The summed E-state index contributed by atoms with van der Waals surface area (Å²) in [6.45, 7) is 0. The van der Waals surface area contributed by atoms with E-state index in [0.717, 1.165) is 17.7 Å². The minimum absolute atomic E-state index is 0.224. The third kappa shape index (κ3) is 4.02. The molecule has 0 saturated carbocycles. The lowest BCUT2D eigenvalue weighted by molar-refractivity contribution is -0.111. The largest absolute Gasteiger partial charge is 0.457 e. The van der Waals surface area contributed by atoms with Crippen LogP contribution in [0.2, 0.25) is 10.0 Å². The zero-order chi connectivity index (χ0) is 21.4. The molecular formula is C26H17Cl2NO2. The van der Waals surface area contributed by atoms with Crippen molar-refractivity contribution in [2.24, 2.45) is 0 Å². The fourth-order valence-corrected chi connectivity index (χ4v) is 4.34. The van der Waals surface area contributed by atoms with Crippen molar-refractivity contribution in [2.45, 2.75) is 6.42 Å². The van der Waals surface area contributed by atoms with Crippen LogP contribution < -0.4 is 5.32 Å². The number of carbonyl (C=O) groups excluding carboxylic acids is 1. The second-order valence-electron chi connectivity index (χ2n) is 7.35. The summed E-state index contributed by atoms with van der Waals surface area (Å²) >= 11 is 12.2. The second-order valence-corrected chi connectivity index (χ2v) is 8.20. The Balaban J connectivity index is 1.27. The maximum Gasteiger partial charge on any atom is 0.248 e. The van der Waals surface area contributed by atoms with E-state index in [1.165, 1.54) is 28.3 Å². The lowest BCUT2D eigenvalue weighted by Crippen LogP contribution is -2.07. The molecule has 1 amide bonds. The van der Waals surface area contributed by atoms with Gasteiger partial charge >= 0.3 is 0 Å². The molecule has 0 radical (unpaired) electrons. The number of benzene rings is 3. The first-order valence-electron chi connectivity index (χ1n) is 9.82. The molecule has 3 nitrogen and oxygen atoms in total. The minimum atomic E-state index is -0.224. The highest BCUT2D eigenvalue weighted by atomic mass is 35.5. The number of carbonyl (C=O) groups is 1. The number of furan rings is 1. The molecule has 5 rings (SSSR count). The van der Waals surface area contributed by atoms with Crippen molar-refractivity contribution in [2.75, 3.05) is 5.32 Å². The van der Waals surface area contributed by atoms with Gasteiger partial charge in [-0.25, -0.2) is 0 Å². The summed E-state index contributed by atoms with van der Waals surface area (Å²) in [7, 11) is 0. The number of rotatable bonds is 4. The number of halogens is 2. The molecule has 1 aromatic heterocycles. The van der Waals surface area contributed by atoms with Gasteiger partial charge in [-0.3, -0.25) is 4.79 Å². The average Bonchev–Trinajstić information content (AvgIpc) is 3.36. The molecule has 0 saturated heterocycles. The van der Waals surface area contributed by atoms with E-state index in [1.54, 1.807) is 30.3 Å². The number of nitrogens with one attached hydrogen (secondary N) is 1. The molecule has 0 atom stereocenters. The van der Waals surface area contributed by atoms with Crippen LogP contribution in [0.15, 0.2) is 83.3 Å². The first-order valence-corrected chi connectivity index (χ1v) is 10.6. The third-order valence-electron chi connectivity index (χ3n) is 5.28. The molecule has 1 aliphatic carbocycles. The van der Waals surface area contributed by atoms with Crippen LogP contribution in [-0.4, -0.2) is 5.91 Å². The van der Waals surface area contributed by atoms with Crippen LogP contribution in [0.25, 0.3) is 28.5 Å². The van der Waals surface area contributed by atoms with Crippen LogP contribution in [0, 0.1) is 0 Å². The number of hydrogen-bond acceptors (Lipinski definition) is 2. The molecule has 1 N–H and O–H groups in total. The smallest absolute Gasteiger partial charge is 0.248 e. The lowest BCUT2D eigenvalue weighted by Gasteiger charge is -2.06. The van der Waals surface area contributed by atoms with Gasteiger partial charge in [-0.05, 0) is 77.2 Å². The molecule has 1 aliphatic rings. The summed E-state index contributed by atoms with van der Waals surface area (Å²) in [5.41, 5.74) is 6.55. The van der Waals surface area contributed by atoms with Crippen molar-refractivity contribution >= 4 is 40.9 Å². The fraction of sp³-hybridized carbons (Fsp3) is 0.0385.